The van der Waals surface area contributed by atoms with Crippen LogP contribution in [-0.4, -0.2) is 42.4 Å². The Kier molecular flexibility index (Phi) is 5.61. The molecule has 136 valence electrons. The maximum absolute atomic E-state index is 12.7. The summed E-state index contributed by atoms with van der Waals surface area (Å²) < 4.78 is 0. The zero-order valence-electron chi connectivity index (χ0n) is 15.3. The molecule has 1 atom stereocenters. The number of carbonyl (C=O) groups is 2. The van der Waals surface area contributed by atoms with Gasteiger partial charge in [-0.2, -0.15) is 0 Å². The molecule has 1 aliphatic carbocycles. The third-order valence-electron chi connectivity index (χ3n) is 5.48. The highest BCUT2D eigenvalue weighted by atomic mass is 16.2. The molecule has 5 nitrogen and oxygen atoms in total. The maximum atomic E-state index is 12.7. The molecule has 0 radical (unpaired) electrons. The molecule has 0 aromatic heterocycles. The summed E-state index contributed by atoms with van der Waals surface area (Å²) in [6.07, 6.45) is 7.54. The summed E-state index contributed by atoms with van der Waals surface area (Å²) in [4.78, 5) is 28.2. The van der Waals surface area contributed by atoms with Crippen LogP contribution in [-0.2, 0) is 9.59 Å². The van der Waals surface area contributed by atoms with Crippen molar-refractivity contribution in [2.75, 3.05) is 23.8 Å². The predicted molar refractivity (Wildman–Crippen MR) is 101 cm³/mol. The van der Waals surface area contributed by atoms with Crippen molar-refractivity contribution in [3.63, 3.8) is 0 Å². The second kappa shape index (κ2) is 7.89. The molecule has 0 spiro atoms. The molecule has 1 N–H and O–H groups in total. The van der Waals surface area contributed by atoms with Crippen molar-refractivity contribution in [3.05, 3.63) is 24.3 Å². The molecule has 1 aliphatic heterocycles. The van der Waals surface area contributed by atoms with Gasteiger partial charge in [0.15, 0.2) is 0 Å². The maximum Gasteiger partial charge on any atom is 0.244 e. The van der Waals surface area contributed by atoms with Gasteiger partial charge in [0, 0.05) is 37.4 Å². The second-order valence-corrected chi connectivity index (χ2v) is 7.30. The number of anilines is 2. The van der Waals surface area contributed by atoms with E-state index in [9.17, 15) is 9.59 Å². The van der Waals surface area contributed by atoms with E-state index in [1.165, 1.54) is 19.3 Å². The smallest absolute Gasteiger partial charge is 0.244 e. The first-order chi connectivity index (χ1) is 12.1. The number of nitrogens with zero attached hydrogens (tertiary/aromatic N) is 2. The minimum absolute atomic E-state index is 0.144. The zero-order valence-corrected chi connectivity index (χ0v) is 15.3. The van der Waals surface area contributed by atoms with E-state index in [1.54, 1.807) is 0 Å². The van der Waals surface area contributed by atoms with Gasteiger partial charge in [-0.15, -0.1) is 0 Å². The van der Waals surface area contributed by atoms with Gasteiger partial charge in [-0.3, -0.25) is 9.59 Å². The molecule has 1 heterocycles. The molecule has 1 aromatic rings. The lowest BCUT2D eigenvalue weighted by molar-refractivity contribution is -0.133. The van der Waals surface area contributed by atoms with Crippen molar-refractivity contribution < 1.29 is 9.59 Å². The van der Waals surface area contributed by atoms with Gasteiger partial charge in [0.2, 0.25) is 11.8 Å². The summed E-state index contributed by atoms with van der Waals surface area (Å²) in [6.45, 7) is 2.71. The fourth-order valence-electron chi connectivity index (χ4n) is 3.92. The Bertz CT molecular complexity index is 608. The lowest BCUT2D eigenvalue weighted by Crippen LogP contribution is -2.45. The van der Waals surface area contributed by atoms with Gasteiger partial charge in [-0.05, 0) is 50.5 Å². The summed E-state index contributed by atoms with van der Waals surface area (Å²) in [5, 5.41) is 3.30. The van der Waals surface area contributed by atoms with Crippen molar-refractivity contribution in [2.24, 2.45) is 0 Å². The Morgan fingerprint density at radius 2 is 1.84 bits per heavy atom. The molecule has 0 unspecified atom stereocenters. The van der Waals surface area contributed by atoms with E-state index < -0.39 is 0 Å². The molecule has 3 rings (SSSR count). The summed E-state index contributed by atoms with van der Waals surface area (Å²) in [6, 6.07) is 7.93. The Hall–Kier alpha value is -2.04. The average Bonchev–Trinajstić information content (AvgIpc) is 3.07. The molecule has 5 heteroatoms. The van der Waals surface area contributed by atoms with Gasteiger partial charge < -0.3 is 15.1 Å². The van der Waals surface area contributed by atoms with Gasteiger partial charge in [0.25, 0.3) is 0 Å². The topological polar surface area (TPSA) is 52.7 Å². The van der Waals surface area contributed by atoms with Crippen LogP contribution in [0.3, 0.4) is 0 Å². The van der Waals surface area contributed by atoms with Crippen molar-refractivity contribution in [3.8, 4) is 0 Å². The van der Waals surface area contributed by atoms with Crippen LogP contribution in [0.1, 0.15) is 51.9 Å². The van der Waals surface area contributed by atoms with Gasteiger partial charge in [0.05, 0.1) is 0 Å². The first kappa shape index (κ1) is 17.8. The number of benzene rings is 1. The summed E-state index contributed by atoms with van der Waals surface area (Å²) in [5.41, 5.74) is 1.85. The SMILES string of the molecule is C[C@@H](Nc1ccc(N2CCCC2=O)cc1)C(=O)N(C)C1CCCCC1. The highest BCUT2D eigenvalue weighted by Gasteiger charge is 2.26. The minimum atomic E-state index is -0.258. The summed E-state index contributed by atoms with van der Waals surface area (Å²) in [7, 11) is 1.93. The highest BCUT2D eigenvalue weighted by molar-refractivity contribution is 5.95. The third-order valence-corrected chi connectivity index (χ3v) is 5.48. The van der Waals surface area contributed by atoms with Crippen LogP contribution in [0, 0.1) is 0 Å². The molecular weight excluding hydrogens is 314 g/mol. The van der Waals surface area contributed by atoms with Crippen LogP contribution in [0.4, 0.5) is 11.4 Å². The van der Waals surface area contributed by atoms with Crippen molar-refractivity contribution in [1.29, 1.82) is 0 Å². The number of hydrogen-bond donors (Lipinski definition) is 1. The monoisotopic (exact) mass is 343 g/mol. The van der Waals surface area contributed by atoms with Gasteiger partial charge in [-0.25, -0.2) is 0 Å². The molecule has 2 fully saturated rings. The van der Waals surface area contributed by atoms with Crippen LogP contribution in [0.5, 0.6) is 0 Å². The molecule has 1 aromatic carbocycles. The molecule has 1 saturated heterocycles. The predicted octanol–water partition coefficient (Wildman–Crippen LogP) is 3.40. The number of nitrogens with one attached hydrogen (secondary N) is 1. The second-order valence-electron chi connectivity index (χ2n) is 7.30. The summed E-state index contributed by atoms with van der Waals surface area (Å²) in [5.74, 6) is 0.337. The number of amides is 2. The average molecular weight is 343 g/mol. The van der Waals surface area contributed by atoms with E-state index in [0.717, 1.165) is 37.2 Å². The largest absolute Gasteiger partial charge is 0.374 e. The number of rotatable bonds is 5. The lowest BCUT2D eigenvalue weighted by atomic mass is 9.94. The zero-order chi connectivity index (χ0) is 17.8. The molecular formula is C20H29N3O2. The van der Waals surface area contributed by atoms with E-state index in [4.69, 9.17) is 0 Å². The standard InChI is InChI=1S/C20H29N3O2/c1-15(20(25)22(2)17-7-4-3-5-8-17)21-16-10-12-18(13-11-16)23-14-6-9-19(23)24/h10-13,15,17,21H,3-9,14H2,1-2H3/t15-/m1/s1. The van der Waals surface area contributed by atoms with Crippen LogP contribution in [0.25, 0.3) is 0 Å². The van der Waals surface area contributed by atoms with E-state index >= 15 is 0 Å². The molecule has 25 heavy (non-hydrogen) atoms. The Morgan fingerprint density at radius 3 is 2.44 bits per heavy atom. The van der Waals surface area contributed by atoms with Crippen molar-refractivity contribution >= 4 is 23.2 Å². The quantitative estimate of drug-likeness (QED) is 0.891. The fourth-order valence-corrected chi connectivity index (χ4v) is 3.92. The van der Waals surface area contributed by atoms with E-state index in [-0.39, 0.29) is 17.9 Å². The van der Waals surface area contributed by atoms with E-state index in [1.807, 2.05) is 48.0 Å². The van der Waals surface area contributed by atoms with Crippen molar-refractivity contribution in [1.82, 2.24) is 4.90 Å². The van der Waals surface area contributed by atoms with Crippen LogP contribution < -0.4 is 10.2 Å². The van der Waals surface area contributed by atoms with Crippen LogP contribution in [0.15, 0.2) is 24.3 Å². The van der Waals surface area contributed by atoms with Gasteiger partial charge in [-0.1, -0.05) is 19.3 Å². The Labute approximate surface area is 150 Å². The Morgan fingerprint density at radius 1 is 1.16 bits per heavy atom. The first-order valence-corrected chi connectivity index (χ1v) is 9.50. The molecule has 2 amide bonds. The van der Waals surface area contributed by atoms with Crippen LogP contribution >= 0.6 is 0 Å². The minimum Gasteiger partial charge on any atom is -0.374 e. The van der Waals surface area contributed by atoms with Gasteiger partial charge >= 0.3 is 0 Å². The summed E-state index contributed by atoms with van der Waals surface area (Å²) >= 11 is 0. The van der Waals surface area contributed by atoms with E-state index in [2.05, 4.69) is 5.32 Å². The number of hydrogen-bond acceptors (Lipinski definition) is 3. The Balaban J connectivity index is 1.57. The number of likely N-dealkylation sites (N-methyl/N-ethyl adjacent to an activating group) is 1. The number of carbonyl (C=O) groups excluding carboxylic acids is 2. The van der Waals surface area contributed by atoms with Crippen molar-refractivity contribution in [2.45, 2.75) is 64.0 Å². The third kappa shape index (κ3) is 4.14. The fraction of sp³-hybridized carbons (Fsp3) is 0.600. The normalized spacial score (nSPS) is 19.8. The molecule has 1 saturated carbocycles. The lowest BCUT2D eigenvalue weighted by Gasteiger charge is -2.33. The molecule has 2 aliphatic rings. The first-order valence-electron chi connectivity index (χ1n) is 9.50. The van der Waals surface area contributed by atoms with Crippen LogP contribution in [0.2, 0.25) is 0 Å². The molecule has 0 bridgehead atoms. The highest BCUT2D eigenvalue weighted by Crippen LogP contribution is 2.24. The van der Waals surface area contributed by atoms with E-state index in [0.29, 0.717) is 12.5 Å². The van der Waals surface area contributed by atoms with Gasteiger partial charge in [0.1, 0.15) is 6.04 Å².